The molecule has 0 bridgehead atoms. The maximum atomic E-state index is 13.3. The summed E-state index contributed by atoms with van der Waals surface area (Å²) in [7, 11) is 0. The molecule has 0 aliphatic rings. The number of rotatable bonds is 6. The van der Waals surface area contributed by atoms with Crippen molar-refractivity contribution in [3.8, 4) is 11.1 Å². The number of hydrogen-bond donors (Lipinski definition) is 2. The molecule has 5 heteroatoms. The summed E-state index contributed by atoms with van der Waals surface area (Å²) in [5.41, 5.74) is 4.94. The summed E-state index contributed by atoms with van der Waals surface area (Å²) in [5, 5.41) is 8.37. The average Bonchev–Trinajstić information content (AvgIpc) is 3.20. The first kappa shape index (κ1) is 20.6. The molecule has 1 aromatic heterocycles. The average molecular weight is 427 g/mol. The Morgan fingerprint density at radius 1 is 0.806 bits per heavy atom. The third kappa shape index (κ3) is 5.08. The lowest BCUT2D eigenvalue weighted by molar-refractivity contribution is -0.115. The summed E-state index contributed by atoms with van der Waals surface area (Å²) in [6.45, 7) is 2.00. The quantitative estimate of drug-likeness (QED) is 0.388. The van der Waals surface area contributed by atoms with Crippen molar-refractivity contribution in [1.29, 1.82) is 0 Å². The van der Waals surface area contributed by atoms with Gasteiger partial charge < -0.3 is 10.6 Å². The van der Waals surface area contributed by atoms with E-state index in [2.05, 4.69) is 10.6 Å². The van der Waals surface area contributed by atoms with Crippen molar-refractivity contribution in [3.63, 3.8) is 0 Å². The fourth-order valence-electron chi connectivity index (χ4n) is 3.29. The van der Waals surface area contributed by atoms with Gasteiger partial charge in [0.15, 0.2) is 0 Å². The highest BCUT2D eigenvalue weighted by Crippen LogP contribution is 2.36. The van der Waals surface area contributed by atoms with Crippen LogP contribution in [0.3, 0.4) is 0 Å². The number of carbonyl (C=O) groups excluding carboxylic acids is 2. The molecule has 2 N–H and O–H groups in total. The van der Waals surface area contributed by atoms with Gasteiger partial charge in [-0.3, -0.25) is 9.59 Å². The Kier molecular flexibility index (Phi) is 6.24. The molecule has 0 atom stereocenters. The Balaban J connectivity index is 1.63. The topological polar surface area (TPSA) is 58.2 Å². The first-order chi connectivity index (χ1) is 15.1. The van der Waals surface area contributed by atoms with Gasteiger partial charge >= 0.3 is 0 Å². The van der Waals surface area contributed by atoms with Gasteiger partial charge in [-0.25, -0.2) is 0 Å². The minimum absolute atomic E-state index is 0.156. The predicted octanol–water partition coefficient (Wildman–Crippen LogP) is 6.16. The fourth-order valence-corrected chi connectivity index (χ4v) is 4.27. The summed E-state index contributed by atoms with van der Waals surface area (Å²) in [4.78, 5) is 25.9. The largest absolute Gasteiger partial charge is 0.322 e. The lowest BCUT2D eigenvalue weighted by Gasteiger charge is -2.11. The molecule has 4 aromatic rings. The molecule has 2 amide bonds. The highest BCUT2D eigenvalue weighted by atomic mass is 32.1. The number of thiophene rings is 1. The van der Waals surface area contributed by atoms with Gasteiger partial charge in [-0.05, 0) is 30.2 Å². The molecule has 0 fully saturated rings. The molecule has 31 heavy (non-hydrogen) atoms. The van der Waals surface area contributed by atoms with E-state index < -0.39 is 0 Å². The third-order valence-electron chi connectivity index (χ3n) is 4.87. The molecule has 0 spiro atoms. The third-order valence-corrected chi connectivity index (χ3v) is 5.77. The maximum absolute atomic E-state index is 13.3. The second kappa shape index (κ2) is 9.41. The van der Waals surface area contributed by atoms with Gasteiger partial charge in [-0.2, -0.15) is 0 Å². The smallest absolute Gasteiger partial charge is 0.259 e. The highest BCUT2D eigenvalue weighted by Gasteiger charge is 2.22. The van der Waals surface area contributed by atoms with Crippen LogP contribution in [0.2, 0.25) is 0 Å². The van der Waals surface area contributed by atoms with E-state index in [1.165, 1.54) is 11.3 Å². The van der Waals surface area contributed by atoms with Crippen LogP contribution in [0.4, 0.5) is 10.7 Å². The van der Waals surface area contributed by atoms with Crippen molar-refractivity contribution in [2.75, 3.05) is 10.6 Å². The van der Waals surface area contributed by atoms with Crippen LogP contribution in [-0.2, 0) is 11.2 Å². The maximum Gasteiger partial charge on any atom is 0.259 e. The number of aryl methyl sites for hydroxylation is 1. The van der Waals surface area contributed by atoms with Gasteiger partial charge in [0.1, 0.15) is 5.00 Å². The summed E-state index contributed by atoms with van der Waals surface area (Å²) in [6, 6.07) is 26.9. The predicted molar refractivity (Wildman–Crippen MR) is 128 cm³/mol. The van der Waals surface area contributed by atoms with E-state index in [4.69, 9.17) is 0 Å². The highest BCUT2D eigenvalue weighted by molar-refractivity contribution is 7.15. The number of amides is 2. The Morgan fingerprint density at radius 2 is 1.45 bits per heavy atom. The normalized spacial score (nSPS) is 10.5. The van der Waals surface area contributed by atoms with Crippen molar-refractivity contribution < 1.29 is 9.59 Å². The molecule has 1 heterocycles. The molecule has 0 aliphatic carbocycles. The molecule has 0 saturated heterocycles. The molecular weight excluding hydrogens is 404 g/mol. The van der Waals surface area contributed by atoms with Crippen LogP contribution in [0.25, 0.3) is 11.1 Å². The number of benzene rings is 3. The van der Waals surface area contributed by atoms with Crippen molar-refractivity contribution in [2.45, 2.75) is 13.3 Å². The number of anilines is 2. The Morgan fingerprint density at radius 3 is 2.13 bits per heavy atom. The van der Waals surface area contributed by atoms with E-state index in [0.29, 0.717) is 16.3 Å². The Bertz CT molecular complexity index is 1180. The monoisotopic (exact) mass is 426 g/mol. The first-order valence-corrected chi connectivity index (χ1v) is 10.9. The molecule has 0 radical (unpaired) electrons. The second-order valence-electron chi connectivity index (χ2n) is 7.25. The van der Waals surface area contributed by atoms with E-state index in [-0.39, 0.29) is 18.2 Å². The summed E-state index contributed by atoms with van der Waals surface area (Å²) < 4.78 is 0. The van der Waals surface area contributed by atoms with Gasteiger partial charge in [0.05, 0.1) is 12.0 Å². The van der Waals surface area contributed by atoms with Crippen LogP contribution in [0, 0.1) is 6.92 Å². The van der Waals surface area contributed by atoms with Gasteiger partial charge in [-0.1, -0.05) is 78.4 Å². The van der Waals surface area contributed by atoms with Crippen LogP contribution >= 0.6 is 11.3 Å². The lowest BCUT2D eigenvalue weighted by atomic mass is 10.0. The molecule has 4 nitrogen and oxygen atoms in total. The SMILES string of the molecule is Cc1ccc(NC(=O)c2c(-c3ccccc3)csc2NC(=O)Cc2ccccc2)cc1. The van der Waals surface area contributed by atoms with Crippen molar-refractivity contribution >= 4 is 33.8 Å². The van der Waals surface area contributed by atoms with E-state index in [0.717, 1.165) is 22.3 Å². The van der Waals surface area contributed by atoms with Crippen molar-refractivity contribution in [2.24, 2.45) is 0 Å². The molecule has 0 aliphatic heterocycles. The number of nitrogens with one attached hydrogen (secondary N) is 2. The standard InChI is InChI=1S/C26H22N2O2S/c1-18-12-14-21(15-13-18)27-25(30)24-22(20-10-6-3-7-11-20)17-31-26(24)28-23(29)16-19-8-4-2-5-9-19/h2-15,17H,16H2,1H3,(H,27,30)(H,28,29). The van der Waals surface area contributed by atoms with Gasteiger partial charge in [0, 0.05) is 16.6 Å². The van der Waals surface area contributed by atoms with Crippen LogP contribution in [-0.4, -0.2) is 11.8 Å². The summed E-state index contributed by atoms with van der Waals surface area (Å²) in [6.07, 6.45) is 0.248. The summed E-state index contributed by atoms with van der Waals surface area (Å²) in [5.74, 6) is -0.406. The molecular formula is C26H22N2O2S. The zero-order chi connectivity index (χ0) is 21.6. The van der Waals surface area contributed by atoms with Gasteiger partial charge in [0.25, 0.3) is 5.91 Å². The van der Waals surface area contributed by atoms with E-state index in [1.54, 1.807) is 0 Å². The van der Waals surface area contributed by atoms with Crippen LogP contribution in [0.1, 0.15) is 21.5 Å². The molecule has 0 unspecified atom stereocenters. The van der Waals surface area contributed by atoms with E-state index >= 15 is 0 Å². The number of hydrogen-bond acceptors (Lipinski definition) is 3. The zero-order valence-corrected chi connectivity index (χ0v) is 17.9. The minimum atomic E-state index is -0.251. The minimum Gasteiger partial charge on any atom is -0.322 e. The Hall–Kier alpha value is -3.70. The van der Waals surface area contributed by atoms with Crippen LogP contribution in [0.15, 0.2) is 90.3 Å². The summed E-state index contributed by atoms with van der Waals surface area (Å²) >= 11 is 1.36. The molecule has 154 valence electrons. The number of carbonyl (C=O) groups is 2. The Labute approximate surface area is 185 Å². The zero-order valence-electron chi connectivity index (χ0n) is 17.1. The van der Waals surface area contributed by atoms with E-state index in [9.17, 15) is 9.59 Å². The second-order valence-corrected chi connectivity index (χ2v) is 8.13. The molecule has 4 rings (SSSR count). The van der Waals surface area contributed by atoms with Crippen molar-refractivity contribution in [1.82, 2.24) is 0 Å². The van der Waals surface area contributed by atoms with Gasteiger partial charge in [0.2, 0.25) is 5.91 Å². The van der Waals surface area contributed by atoms with Crippen LogP contribution < -0.4 is 10.6 Å². The lowest BCUT2D eigenvalue weighted by Crippen LogP contribution is -2.18. The van der Waals surface area contributed by atoms with Crippen LogP contribution in [0.5, 0.6) is 0 Å². The van der Waals surface area contributed by atoms with Crippen molar-refractivity contribution in [3.05, 3.63) is 107 Å². The fraction of sp³-hybridized carbons (Fsp3) is 0.0769. The van der Waals surface area contributed by atoms with E-state index in [1.807, 2.05) is 97.2 Å². The molecule has 3 aromatic carbocycles. The first-order valence-electron chi connectivity index (χ1n) is 9.99. The van der Waals surface area contributed by atoms with Gasteiger partial charge in [-0.15, -0.1) is 11.3 Å². The molecule has 0 saturated carbocycles.